The van der Waals surface area contributed by atoms with Crippen molar-refractivity contribution in [1.29, 1.82) is 0 Å². The van der Waals surface area contributed by atoms with E-state index in [2.05, 4.69) is 10.1 Å². The lowest BCUT2D eigenvalue weighted by Crippen LogP contribution is -2.16. The van der Waals surface area contributed by atoms with Gasteiger partial charge >= 0.3 is 5.97 Å². The van der Waals surface area contributed by atoms with Crippen LogP contribution >= 0.6 is 0 Å². The predicted octanol–water partition coefficient (Wildman–Crippen LogP) is 2.81. The summed E-state index contributed by atoms with van der Waals surface area (Å²) in [4.78, 5) is 23.9. The summed E-state index contributed by atoms with van der Waals surface area (Å²) in [5.74, 6) is -0.733. The number of carbonyl (C=O) groups excluding carboxylic acids is 2. The zero-order valence-electron chi connectivity index (χ0n) is 12.1. The molecular formula is C16H14N2O4. The van der Waals surface area contributed by atoms with Crippen molar-refractivity contribution in [3.8, 4) is 0 Å². The van der Waals surface area contributed by atoms with E-state index in [-0.39, 0.29) is 5.91 Å². The second-order valence-electron chi connectivity index (χ2n) is 4.79. The Kier molecular flexibility index (Phi) is 3.42. The van der Waals surface area contributed by atoms with E-state index in [1.165, 1.54) is 7.11 Å². The molecule has 6 heteroatoms. The molecule has 22 heavy (non-hydrogen) atoms. The standard InChI is InChI=1S/C16H14N2O4/c1-18-12-6-7-22-14(12)9-13(18)15(19)17-11-5-3-4-10(8-11)16(20)21-2/h3-9H,1-2H3,(H,17,19). The van der Waals surface area contributed by atoms with E-state index in [1.807, 2.05) is 0 Å². The Hall–Kier alpha value is -3.02. The molecule has 1 amide bonds. The van der Waals surface area contributed by atoms with Crippen LogP contribution in [0.15, 0.2) is 47.1 Å². The third kappa shape index (κ3) is 2.35. The number of benzene rings is 1. The van der Waals surface area contributed by atoms with E-state index in [0.29, 0.717) is 22.5 Å². The average molecular weight is 298 g/mol. The van der Waals surface area contributed by atoms with E-state index in [0.717, 1.165) is 5.52 Å². The minimum absolute atomic E-state index is 0.282. The van der Waals surface area contributed by atoms with Crippen molar-refractivity contribution in [3.63, 3.8) is 0 Å². The lowest BCUT2D eigenvalue weighted by atomic mass is 10.2. The van der Waals surface area contributed by atoms with Crippen LogP contribution in [-0.2, 0) is 11.8 Å². The zero-order valence-corrected chi connectivity index (χ0v) is 12.1. The van der Waals surface area contributed by atoms with Gasteiger partial charge in [-0.15, -0.1) is 0 Å². The summed E-state index contributed by atoms with van der Waals surface area (Å²) in [5, 5.41) is 2.76. The molecule has 0 aliphatic carbocycles. The van der Waals surface area contributed by atoms with Gasteiger partial charge in [-0.05, 0) is 18.2 Å². The molecule has 1 N–H and O–H groups in total. The molecule has 0 saturated heterocycles. The van der Waals surface area contributed by atoms with Crippen LogP contribution in [-0.4, -0.2) is 23.6 Å². The highest BCUT2D eigenvalue weighted by Crippen LogP contribution is 2.21. The van der Waals surface area contributed by atoms with E-state index in [4.69, 9.17) is 4.42 Å². The summed E-state index contributed by atoms with van der Waals surface area (Å²) < 4.78 is 11.7. The molecule has 0 radical (unpaired) electrons. The van der Waals surface area contributed by atoms with Crippen molar-refractivity contribution in [2.24, 2.45) is 7.05 Å². The number of carbonyl (C=O) groups is 2. The number of anilines is 1. The third-order valence-corrected chi connectivity index (χ3v) is 3.44. The molecule has 0 spiro atoms. The van der Waals surface area contributed by atoms with Crippen molar-refractivity contribution in [2.75, 3.05) is 12.4 Å². The summed E-state index contributed by atoms with van der Waals surface area (Å²) in [5.41, 5.74) is 2.86. The molecule has 112 valence electrons. The first-order valence-corrected chi connectivity index (χ1v) is 6.63. The summed E-state index contributed by atoms with van der Waals surface area (Å²) >= 11 is 0. The number of nitrogens with zero attached hydrogens (tertiary/aromatic N) is 1. The van der Waals surface area contributed by atoms with Crippen molar-refractivity contribution < 1.29 is 18.7 Å². The Labute approximate surface area is 126 Å². The summed E-state index contributed by atoms with van der Waals surface area (Å²) in [6, 6.07) is 10.0. The molecule has 0 atom stereocenters. The minimum atomic E-state index is -0.451. The van der Waals surface area contributed by atoms with Crippen LogP contribution in [0.2, 0.25) is 0 Å². The van der Waals surface area contributed by atoms with Gasteiger partial charge in [-0.25, -0.2) is 4.79 Å². The lowest BCUT2D eigenvalue weighted by Gasteiger charge is -2.07. The number of rotatable bonds is 3. The SMILES string of the molecule is COC(=O)c1cccc(NC(=O)c2cc3occc3n2C)c1. The molecule has 0 fully saturated rings. The van der Waals surface area contributed by atoms with Crippen molar-refractivity contribution >= 4 is 28.7 Å². The lowest BCUT2D eigenvalue weighted by molar-refractivity contribution is 0.0600. The molecular weight excluding hydrogens is 284 g/mol. The van der Waals surface area contributed by atoms with Crippen LogP contribution < -0.4 is 5.32 Å². The second-order valence-corrected chi connectivity index (χ2v) is 4.79. The van der Waals surface area contributed by atoms with Gasteiger partial charge < -0.3 is 19.0 Å². The van der Waals surface area contributed by atoms with Gasteiger partial charge in [0.15, 0.2) is 5.58 Å². The van der Waals surface area contributed by atoms with Gasteiger partial charge in [0.25, 0.3) is 5.91 Å². The molecule has 0 bridgehead atoms. The number of esters is 1. The number of methoxy groups -OCH3 is 1. The molecule has 6 nitrogen and oxygen atoms in total. The molecule has 1 aromatic carbocycles. The van der Waals surface area contributed by atoms with Crippen molar-refractivity contribution in [2.45, 2.75) is 0 Å². The van der Waals surface area contributed by atoms with Crippen LogP contribution in [0.5, 0.6) is 0 Å². The first-order chi connectivity index (χ1) is 10.6. The van der Waals surface area contributed by atoms with Gasteiger partial charge in [0.1, 0.15) is 5.69 Å². The fourth-order valence-electron chi connectivity index (χ4n) is 2.30. The Morgan fingerprint density at radius 1 is 1.23 bits per heavy atom. The van der Waals surface area contributed by atoms with Gasteiger partial charge in [-0.1, -0.05) is 6.07 Å². The fraction of sp³-hybridized carbons (Fsp3) is 0.125. The highest BCUT2D eigenvalue weighted by Gasteiger charge is 2.15. The molecule has 0 saturated carbocycles. The molecule has 0 aliphatic heterocycles. The monoisotopic (exact) mass is 298 g/mol. The average Bonchev–Trinajstić information content (AvgIpc) is 3.10. The maximum atomic E-state index is 12.4. The Morgan fingerprint density at radius 3 is 2.77 bits per heavy atom. The number of hydrogen-bond donors (Lipinski definition) is 1. The van der Waals surface area contributed by atoms with Gasteiger partial charge in [0.05, 0.1) is 24.5 Å². The van der Waals surface area contributed by atoms with Crippen LogP contribution in [0, 0.1) is 0 Å². The molecule has 0 aliphatic rings. The molecule has 0 unspecified atom stereocenters. The van der Waals surface area contributed by atoms with E-state index in [1.54, 1.807) is 54.3 Å². The van der Waals surface area contributed by atoms with E-state index >= 15 is 0 Å². The Bertz CT molecular complexity index is 860. The van der Waals surface area contributed by atoms with Crippen LogP contribution in [0.1, 0.15) is 20.8 Å². The number of aromatic nitrogens is 1. The number of fused-ring (bicyclic) bond motifs is 1. The molecule has 3 rings (SSSR count). The quantitative estimate of drug-likeness (QED) is 0.755. The minimum Gasteiger partial charge on any atom is -0.465 e. The summed E-state index contributed by atoms with van der Waals surface area (Å²) in [6.45, 7) is 0. The van der Waals surface area contributed by atoms with Crippen LogP contribution in [0.4, 0.5) is 5.69 Å². The molecule has 3 aromatic rings. The normalized spacial score (nSPS) is 10.6. The zero-order chi connectivity index (χ0) is 15.7. The number of furan rings is 1. The Morgan fingerprint density at radius 2 is 2.05 bits per heavy atom. The van der Waals surface area contributed by atoms with Gasteiger partial charge in [-0.3, -0.25) is 4.79 Å². The smallest absolute Gasteiger partial charge is 0.337 e. The maximum Gasteiger partial charge on any atom is 0.337 e. The van der Waals surface area contributed by atoms with Crippen LogP contribution in [0.3, 0.4) is 0 Å². The summed E-state index contributed by atoms with van der Waals surface area (Å²) in [6.07, 6.45) is 1.58. The van der Waals surface area contributed by atoms with Crippen molar-refractivity contribution in [1.82, 2.24) is 4.57 Å². The van der Waals surface area contributed by atoms with Gasteiger partial charge in [0.2, 0.25) is 0 Å². The first kappa shape index (κ1) is 13.9. The number of ether oxygens (including phenoxy) is 1. The van der Waals surface area contributed by atoms with Crippen LogP contribution in [0.25, 0.3) is 11.1 Å². The summed E-state index contributed by atoms with van der Waals surface area (Å²) in [7, 11) is 3.10. The van der Waals surface area contributed by atoms with Gasteiger partial charge in [0, 0.05) is 24.9 Å². The highest BCUT2D eigenvalue weighted by atomic mass is 16.5. The topological polar surface area (TPSA) is 73.5 Å². The maximum absolute atomic E-state index is 12.4. The van der Waals surface area contributed by atoms with Crippen molar-refractivity contribution in [3.05, 3.63) is 53.9 Å². The third-order valence-electron chi connectivity index (χ3n) is 3.44. The van der Waals surface area contributed by atoms with Gasteiger partial charge in [-0.2, -0.15) is 0 Å². The fourth-order valence-corrected chi connectivity index (χ4v) is 2.30. The second kappa shape index (κ2) is 5.40. The first-order valence-electron chi connectivity index (χ1n) is 6.63. The molecule has 2 heterocycles. The molecule has 2 aromatic heterocycles. The number of aryl methyl sites for hydroxylation is 1. The van der Waals surface area contributed by atoms with E-state index in [9.17, 15) is 9.59 Å². The predicted molar refractivity (Wildman–Crippen MR) is 80.9 cm³/mol. The van der Waals surface area contributed by atoms with E-state index < -0.39 is 5.97 Å². The Balaban J connectivity index is 1.86. The number of amides is 1. The number of hydrogen-bond acceptors (Lipinski definition) is 4. The number of nitrogens with one attached hydrogen (secondary N) is 1. The largest absolute Gasteiger partial charge is 0.465 e. The highest BCUT2D eigenvalue weighted by molar-refractivity contribution is 6.06.